The average molecular weight is 302 g/mol. The van der Waals surface area contributed by atoms with Crippen LogP contribution in [-0.4, -0.2) is 24.1 Å². The summed E-state index contributed by atoms with van der Waals surface area (Å²) in [6, 6.07) is 18.7. The van der Waals surface area contributed by atoms with Gasteiger partial charge in [-0.2, -0.15) is 0 Å². The Balaban J connectivity index is 1.66. The van der Waals surface area contributed by atoms with Crippen LogP contribution in [0.2, 0.25) is 0 Å². The van der Waals surface area contributed by atoms with E-state index in [0.717, 1.165) is 37.4 Å². The minimum Gasteiger partial charge on any atom is -0.494 e. The fourth-order valence-corrected chi connectivity index (χ4v) is 2.84. The Kier molecular flexibility index (Phi) is 7.19. The van der Waals surface area contributed by atoms with E-state index in [1.165, 1.54) is 10.5 Å². The first-order valence-corrected chi connectivity index (χ1v) is 8.37. The molecule has 2 rings (SSSR count). The van der Waals surface area contributed by atoms with Gasteiger partial charge in [0.1, 0.15) is 5.75 Å². The van der Waals surface area contributed by atoms with Gasteiger partial charge in [0.05, 0.1) is 6.61 Å². The lowest BCUT2D eigenvalue weighted by atomic mass is 10.1. The molecule has 2 nitrogen and oxygen atoms in total. The van der Waals surface area contributed by atoms with Crippen LogP contribution in [0.1, 0.15) is 18.4 Å². The third-order valence-electron chi connectivity index (χ3n) is 3.12. The molecule has 0 unspecified atom stereocenters. The van der Waals surface area contributed by atoms with Crippen LogP contribution >= 0.6 is 11.8 Å². The highest BCUT2D eigenvalue weighted by Gasteiger charge is 1.97. The minimum absolute atomic E-state index is 0.260. The van der Waals surface area contributed by atoms with E-state index < -0.39 is 0 Å². The molecule has 0 heterocycles. The molecule has 0 amide bonds. The van der Waals surface area contributed by atoms with Crippen molar-refractivity contribution >= 4 is 11.8 Å². The summed E-state index contributed by atoms with van der Waals surface area (Å²) in [6.45, 7) is 1.00. The number of thioether (sulfide) groups is 1. The second kappa shape index (κ2) is 9.48. The molecule has 0 saturated heterocycles. The molecule has 3 heteroatoms. The van der Waals surface area contributed by atoms with E-state index in [0.29, 0.717) is 0 Å². The van der Waals surface area contributed by atoms with Gasteiger partial charge in [-0.25, -0.2) is 0 Å². The summed E-state index contributed by atoms with van der Waals surface area (Å²) < 4.78 is 5.76. The predicted octanol–water partition coefficient (Wildman–Crippen LogP) is 4.17. The van der Waals surface area contributed by atoms with Crippen molar-refractivity contribution in [2.45, 2.75) is 24.2 Å². The molecule has 0 spiro atoms. The van der Waals surface area contributed by atoms with E-state index in [9.17, 15) is 0 Å². The van der Waals surface area contributed by atoms with Gasteiger partial charge in [-0.3, -0.25) is 0 Å². The normalized spacial score (nSPS) is 10.5. The summed E-state index contributed by atoms with van der Waals surface area (Å²) in [6.07, 6.45) is 2.91. The number of ether oxygens (including phenoxy) is 1. The first-order chi connectivity index (χ1) is 10.4. The van der Waals surface area contributed by atoms with Gasteiger partial charge in [-0.1, -0.05) is 30.3 Å². The molecule has 1 N–H and O–H groups in total. The highest BCUT2D eigenvalue weighted by molar-refractivity contribution is 7.99. The molecule has 2 aromatic rings. The van der Waals surface area contributed by atoms with Crippen molar-refractivity contribution in [1.82, 2.24) is 0 Å². The molecule has 0 atom stereocenters. The van der Waals surface area contributed by atoms with Crippen LogP contribution in [-0.2, 0) is 6.42 Å². The SMILES string of the molecule is OCCCSc1ccc(OCCCc2ccccc2)cc1. The Morgan fingerprint density at radius 2 is 1.67 bits per heavy atom. The molecule has 0 bridgehead atoms. The Morgan fingerprint density at radius 1 is 0.905 bits per heavy atom. The number of hydrogen-bond acceptors (Lipinski definition) is 3. The van der Waals surface area contributed by atoms with Crippen LogP contribution in [0, 0.1) is 0 Å². The number of aliphatic hydroxyl groups is 1. The fraction of sp³-hybridized carbons (Fsp3) is 0.333. The van der Waals surface area contributed by atoms with Gasteiger partial charge in [0.15, 0.2) is 0 Å². The Labute approximate surface area is 131 Å². The number of aryl methyl sites for hydroxylation is 1. The minimum atomic E-state index is 0.260. The monoisotopic (exact) mass is 302 g/mol. The number of rotatable bonds is 9. The zero-order valence-electron chi connectivity index (χ0n) is 12.2. The van der Waals surface area contributed by atoms with Crippen LogP contribution in [0.15, 0.2) is 59.5 Å². The van der Waals surface area contributed by atoms with Crippen molar-refractivity contribution in [3.8, 4) is 5.75 Å². The Morgan fingerprint density at radius 3 is 2.38 bits per heavy atom. The van der Waals surface area contributed by atoms with E-state index in [-0.39, 0.29) is 6.61 Å². The third-order valence-corrected chi connectivity index (χ3v) is 4.21. The highest BCUT2D eigenvalue weighted by atomic mass is 32.2. The van der Waals surface area contributed by atoms with Crippen molar-refractivity contribution in [2.24, 2.45) is 0 Å². The maximum Gasteiger partial charge on any atom is 0.119 e. The Hall–Kier alpha value is -1.45. The molecule has 0 aliphatic heterocycles. The first-order valence-electron chi connectivity index (χ1n) is 7.39. The lowest BCUT2D eigenvalue weighted by Gasteiger charge is -2.07. The van der Waals surface area contributed by atoms with Gasteiger partial charge < -0.3 is 9.84 Å². The number of benzene rings is 2. The van der Waals surface area contributed by atoms with Gasteiger partial charge in [0.2, 0.25) is 0 Å². The maximum atomic E-state index is 8.76. The molecular weight excluding hydrogens is 280 g/mol. The molecule has 0 fully saturated rings. The molecule has 0 aliphatic carbocycles. The summed E-state index contributed by atoms with van der Waals surface area (Å²) in [4.78, 5) is 1.22. The van der Waals surface area contributed by atoms with E-state index in [4.69, 9.17) is 9.84 Å². The maximum absolute atomic E-state index is 8.76. The van der Waals surface area contributed by atoms with Crippen LogP contribution < -0.4 is 4.74 Å². The molecule has 21 heavy (non-hydrogen) atoms. The van der Waals surface area contributed by atoms with Gasteiger partial charge in [0.25, 0.3) is 0 Å². The molecule has 0 radical (unpaired) electrons. The van der Waals surface area contributed by atoms with Crippen molar-refractivity contribution in [1.29, 1.82) is 0 Å². The zero-order valence-corrected chi connectivity index (χ0v) is 13.0. The van der Waals surface area contributed by atoms with Crippen molar-refractivity contribution in [3.05, 3.63) is 60.2 Å². The number of hydrogen-bond donors (Lipinski definition) is 1. The fourth-order valence-electron chi connectivity index (χ4n) is 2.00. The van der Waals surface area contributed by atoms with E-state index in [1.54, 1.807) is 11.8 Å². The van der Waals surface area contributed by atoms with E-state index in [1.807, 2.05) is 18.2 Å². The first kappa shape index (κ1) is 15.9. The van der Waals surface area contributed by atoms with Crippen molar-refractivity contribution in [3.63, 3.8) is 0 Å². The summed E-state index contributed by atoms with van der Waals surface area (Å²) in [5, 5.41) is 8.76. The van der Waals surface area contributed by atoms with Crippen LogP contribution in [0.4, 0.5) is 0 Å². The summed E-state index contributed by atoms with van der Waals surface area (Å²) in [7, 11) is 0. The number of aliphatic hydroxyl groups excluding tert-OH is 1. The van der Waals surface area contributed by atoms with Crippen LogP contribution in [0.25, 0.3) is 0 Å². The average Bonchev–Trinajstić information content (AvgIpc) is 2.54. The third kappa shape index (κ3) is 6.23. The summed E-state index contributed by atoms with van der Waals surface area (Å²) in [5.74, 6) is 1.88. The van der Waals surface area contributed by atoms with Gasteiger partial charge in [0, 0.05) is 17.3 Å². The molecule has 112 valence electrons. The lowest BCUT2D eigenvalue weighted by molar-refractivity contribution is 0.296. The summed E-state index contributed by atoms with van der Waals surface area (Å²) in [5.41, 5.74) is 1.36. The van der Waals surface area contributed by atoms with Crippen LogP contribution in [0.3, 0.4) is 0 Å². The van der Waals surface area contributed by atoms with Crippen molar-refractivity contribution < 1.29 is 9.84 Å². The standard InChI is InChI=1S/C18H22O2S/c19-13-5-15-21-18-11-9-17(10-12-18)20-14-4-8-16-6-2-1-3-7-16/h1-3,6-7,9-12,19H,4-5,8,13-15H2. The second-order valence-electron chi connectivity index (χ2n) is 4.83. The predicted molar refractivity (Wildman–Crippen MR) is 89.1 cm³/mol. The molecule has 0 aromatic heterocycles. The second-order valence-corrected chi connectivity index (χ2v) is 6.00. The van der Waals surface area contributed by atoms with Gasteiger partial charge >= 0.3 is 0 Å². The molecule has 2 aromatic carbocycles. The molecular formula is C18H22O2S. The largest absolute Gasteiger partial charge is 0.494 e. The van der Waals surface area contributed by atoms with E-state index >= 15 is 0 Å². The quantitative estimate of drug-likeness (QED) is 0.557. The van der Waals surface area contributed by atoms with E-state index in [2.05, 4.69) is 36.4 Å². The van der Waals surface area contributed by atoms with Crippen LogP contribution in [0.5, 0.6) is 5.75 Å². The molecule has 0 saturated carbocycles. The topological polar surface area (TPSA) is 29.5 Å². The van der Waals surface area contributed by atoms with Gasteiger partial charge in [-0.15, -0.1) is 11.8 Å². The lowest BCUT2D eigenvalue weighted by Crippen LogP contribution is -1.99. The summed E-state index contributed by atoms with van der Waals surface area (Å²) >= 11 is 1.76. The highest BCUT2D eigenvalue weighted by Crippen LogP contribution is 2.22. The van der Waals surface area contributed by atoms with Crippen molar-refractivity contribution in [2.75, 3.05) is 19.0 Å². The molecule has 0 aliphatic rings. The Bertz CT molecular complexity index is 496. The van der Waals surface area contributed by atoms with Gasteiger partial charge in [-0.05, 0) is 49.1 Å². The smallest absolute Gasteiger partial charge is 0.119 e. The zero-order chi connectivity index (χ0) is 14.8.